The first kappa shape index (κ1) is 22.3. The number of nitrogens with zero attached hydrogens (tertiary/aromatic N) is 3. The van der Waals surface area contributed by atoms with Crippen molar-refractivity contribution in [2.45, 2.75) is 18.2 Å². The lowest BCUT2D eigenvalue weighted by atomic mass is 10.2. The number of hydrogen-bond donors (Lipinski definition) is 1. The molecule has 0 atom stereocenters. The van der Waals surface area contributed by atoms with Gasteiger partial charge >= 0.3 is 6.09 Å². The minimum atomic E-state index is -3.79. The zero-order valence-corrected chi connectivity index (χ0v) is 18.6. The third kappa shape index (κ3) is 5.61. The Kier molecular flexibility index (Phi) is 7.16. The molecule has 1 N–H and O–H groups in total. The van der Waals surface area contributed by atoms with E-state index in [9.17, 15) is 18.0 Å². The van der Waals surface area contributed by atoms with Crippen molar-refractivity contribution in [1.29, 1.82) is 0 Å². The molecule has 0 spiro atoms. The van der Waals surface area contributed by atoms with E-state index in [1.165, 1.54) is 24.3 Å². The summed E-state index contributed by atoms with van der Waals surface area (Å²) >= 11 is 6.89. The van der Waals surface area contributed by atoms with Crippen molar-refractivity contribution >= 4 is 50.1 Å². The predicted octanol–water partition coefficient (Wildman–Crippen LogP) is 2.44. The Hall–Kier alpha value is -2.37. The minimum Gasteiger partial charge on any atom is -0.450 e. The Morgan fingerprint density at radius 1 is 1.17 bits per heavy atom. The van der Waals surface area contributed by atoms with E-state index in [2.05, 4.69) is 9.71 Å². The fourth-order valence-electron chi connectivity index (χ4n) is 2.84. The van der Waals surface area contributed by atoms with Gasteiger partial charge in [0.15, 0.2) is 5.13 Å². The van der Waals surface area contributed by atoms with Crippen LogP contribution in [0.3, 0.4) is 0 Å². The van der Waals surface area contributed by atoms with Crippen molar-refractivity contribution in [3.8, 4) is 0 Å². The number of carbonyl (C=O) groups is 2. The van der Waals surface area contributed by atoms with E-state index >= 15 is 0 Å². The van der Waals surface area contributed by atoms with Crippen molar-refractivity contribution in [2.75, 3.05) is 37.5 Å². The summed E-state index contributed by atoms with van der Waals surface area (Å²) in [4.78, 5) is 31.8. The summed E-state index contributed by atoms with van der Waals surface area (Å²) in [6.07, 6.45) is -0.319. The third-order valence-electron chi connectivity index (χ3n) is 4.39. The van der Waals surface area contributed by atoms with Gasteiger partial charge in [-0.25, -0.2) is 18.2 Å². The van der Waals surface area contributed by atoms with Gasteiger partial charge in [-0.05, 0) is 31.2 Å². The molecule has 1 saturated heterocycles. The molecule has 0 radical (unpaired) electrons. The molecular formula is C18H21ClN4O5S2. The van der Waals surface area contributed by atoms with Gasteiger partial charge in [0.25, 0.3) is 10.0 Å². The average molecular weight is 473 g/mol. The molecule has 2 heterocycles. The number of nitrogens with one attached hydrogen (secondary N) is 1. The SMILES string of the molecule is CCOC(=O)N1CCN(C(=O)Cc2csc(NS(=O)(=O)c3ccc(Cl)cc3)n2)CC1. The molecule has 0 unspecified atom stereocenters. The second-order valence-electron chi connectivity index (χ2n) is 6.45. The van der Waals surface area contributed by atoms with Crippen LogP contribution in [0.5, 0.6) is 0 Å². The summed E-state index contributed by atoms with van der Waals surface area (Å²) in [5.74, 6) is -0.129. The molecule has 1 fully saturated rings. The molecule has 1 aromatic heterocycles. The topological polar surface area (TPSA) is 109 Å². The van der Waals surface area contributed by atoms with Gasteiger partial charge in [-0.3, -0.25) is 9.52 Å². The van der Waals surface area contributed by atoms with Gasteiger partial charge in [0.1, 0.15) is 0 Å². The molecule has 2 aromatic rings. The first-order valence-corrected chi connectivity index (χ1v) is 11.9. The molecule has 0 saturated carbocycles. The van der Waals surface area contributed by atoms with Gasteiger partial charge in [-0.2, -0.15) is 0 Å². The van der Waals surface area contributed by atoms with Crippen LogP contribution >= 0.6 is 22.9 Å². The van der Waals surface area contributed by atoms with Gasteiger partial charge in [-0.1, -0.05) is 11.6 Å². The first-order valence-electron chi connectivity index (χ1n) is 9.21. The number of benzene rings is 1. The lowest BCUT2D eigenvalue weighted by molar-refractivity contribution is -0.132. The third-order valence-corrected chi connectivity index (χ3v) is 6.93. The summed E-state index contributed by atoms with van der Waals surface area (Å²) in [7, 11) is -3.79. The van der Waals surface area contributed by atoms with Crippen molar-refractivity contribution in [3.05, 3.63) is 40.4 Å². The zero-order chi connectivity index (χ0) is 21.7. The normalized spacial score (nSPS) is 14.5. The van der Waals surface area contributed by atoms with Crippen molar-refractivity contribution in [3.63, 3.8) is 0 Å². The molecule has 0 aliphatic carbocycles. The number of thiazole rings is 1. The van der Waals surface area contributed by atoms with Gasteiger partial charge in [0.2, 0.25) is 5.91 Å². The van der Waals surface area contributed by atoms with Crippen LogP contribution in [0.25, 0.3) is 0 Å². The zero-order valence-electron chi connectivity index (χ0n) is 16.2. The Morgan fingerprint density at radius 3 is 2.43 bits per heavy atom. The summed E-state index contributed by atoms with van der Waals surface area (Å²) in [6.45, 7) is 3.71. The van der Waals surface area contributed by atoms with E-state index in [1.807, 2.05) is 0 Å². The van der Waals surface area contributed by atoms with E-state index in [0.717, 1.165) is 11.3 Å². The van der Waals surface area contributed by atoms with E-state index < -0.39 is 10.0 Å². The molecule has 3 rings (SSSR count). The van der Waals surface area contributed by atoms with Gasteiger partial charge in [0, 0.05) is 36.6 Å². The second-order valence-corrected chi connectivity index (χ2v) is 9.42. The first-order chi connectivity index (χ1) is 14.3. The van der Waals surface area contributed by atoms with Crippen LogP contribution in [0.1, 0.15) is 12.6 Å². The lowest BCUT2D eigenvalue weighted by Crippen LogP contribution is -2.51. The molecule has 162 valence electrons. The summed E-state index contributed by atoms with van der Waals surface area (Å²) in [5.41, 5.74) is 0.478. The molecule has 1 aromatic carbocycles. The van der Waals surface area contributed by atoms with E-state index in [-0.39, 0.29) is 28.4 Å². The number of aromatic nitrogens is 1. The fourth-order valence-corrected chi connectivity index (χ4v) is 4.93. The molecule has 1 aliphatic heterocycles. The van der Waals surface area contributed by atoms with Crippen molar-refractivity contribution in [1.82, 2.24) is 14.8 Å². The highest BCUT2D eigenvalue weighted by molar-refractivity contribution is 7.93. The second kappa shape index (κ2) is 9.63. The summed E-state index contributed by atoms with van der Waals surface area (Å²) in [5, 5.41) is 2.26. The van der Waals surface area contributed by atoms with Crippen LogP contribution in [0.15, 0.2) is 34.5 Å². The van der Waals surface area contributed by atoms with Crippen LogP contribution in [-0.4, -0.2) is 68.0 Å². The molecule has 12 heteroatoms. The smallest absolute Gasteiger partial charge is 0.409 e. The molecule has 30 heavy (non-hydrogen) atoms. The number of amides is 2. The Balaban J connectivity index is 1.55. The van der Waals surface area contributed by atoms with Crippen LogP contribution in [0.4, 0.5) is 9.93 Å². The predicted molar refractivity (Wildman–Crippen MR) is 113 cm³/mol. The number of sulfonamides is 1. The van der Waals surface area contributed by atoms with Gasteiger partial charge < -0.3 is 14.5 Å². The maximum absolute atomic E-state index is 12.5. The number of piperazine rings is 1. The average Bonchev–Trinajstić information content (AvgIpc) is 3.14. The van der Waals surface area contributed by atoms with E-state index in [1.54, 1.807) is 22.1 Å². The van der Waals surface area contributed by atoms with E-state index in [0.29, 0.717) is 43.5 Å². The monoisotopic (exact) mass is 472 g/mol. The van der Waals surface area contributed by atoms with Gasteiger partial charge in [0.05, 0.1) is 23.6 Å². The number of hydrogen-bond acceptors (Lipinski definition) is 7. The molecular weight excluding hydrogens is 452 g/mol. The van der Waals surface area contributed by atoms with Crippen LogP contribution in [0, 0.1) is 0 Å². The number of rotatable bonds is 6. The maximum Gasteiger partial charge on any atom is 0.409 e. The Morgan fingerprint density at radius 2 is 1.80 bits per heavy atom. The molecule has 2 amide bonds. The Bertz CT molecular complexity index is 1000. The Labute approximate surface area is 183 Å². The highest BCUT2D eigenvalue weighted by Crippen LogP contribution is 2.22. The maximum atomic E-state index is 12.5. The number of carbonyl (C=O) groups excluding carboxylic acids is 2. The molecule has 9 nitrogen and oxygen atoms in total. The molecule has 0 bridgehead atoms. The standard InChI is InChI=1S/C18H21ClN4O5S2/c1-2-28-18(25)23-9-7-22(8-10-23)16(24)11-14-12-29-17(20-14)21-30(26,27)15-5-3-13(19)4-6-15/h3-6,12H,2,7-11H2,1H3,(H,20,21). The minimum absolute atomic E-state index is 0.0541. The van der Waals surface area contributed by atoms with Crippen molar-refractivity contribution in [2.24, 2.45) is 0 Å². The molecule has 1 aliphatic rings. The number of ether oxygens (including phenoxy) is 1. The van der Waals surface area contributed by atoms with Crippen LogP contribution in [0.2, 0.25) is 5.02 Å². The lowest BCUT2D eigenvalue weighted by Gasteiger charge is -2.34. The van der Waals surface area contributed by atoms with Crippen molar-refractivity contribution < 1.29 is 22.7 Å². The number of halogens is 1. The van der Waals surface area contributed by atoms with Crippen LogP contribution < -0.4 is 4.72 Å². The number of anilines is 1. The van der Waals surface area contributed by atoms with E-state index in [4.69, 9.17) is 16.3 Å². The fraction of sp³-hybridized carbons (Fsp3) is 0.389. The van der Waals surface area contributed by atoms with Gasteiger partial charge in [-0.15, -0.1) is 11.3 Å². The summed E-state index contributed by atoms with van der Waals surface area (Å²) < 4.78 is 32.2. The quantitative estimate of drug-likeness (QED) is 0.691. The van der Waals surface area contributed by atoms with Crippen LogP contribution in [-0.2, 0) is 26.0 Å². The highest BCUT2D eigenvalue weighted by atomic mass is 35.5. The summed E-state index contributed by atoms with van der Waals surface area (Å²) in [6, 6.07) is 5.78. The highest BCUT2D eigenvalue weighted by Gasteiger charge is 2.25. The largest absolute Gasteiger partial charge is 0.450 e.